The van der Waals surface area contributed by atoms with Gasteiger partial charge in [-0.15, -0.1) is 0 Å². The molecule has 1 heteroatoms. The van der Waals surface area contributed by atoms with Crippen molar-refractivity contribution in [3.8, 4) is 0 Å². The summed E-state index contributed by atoms with van der Waals surface area (Å²) in [6.07, 6.45) is 28.1. The van der Waals surface area contributed by atoms with Crippen LogP contribution in [-0.4, -0.2) is 10.7 Å². The third kappa shape index (κ3) is 20.3. The van der Waals surface area contributed by atoms with Crippen LogP contribution in [0.2, 0.25) is 0 Å². The number of hydrogen-bond donors (Lipinski definition) is 1. The number of rotatable bonds is 21. The molecule has 0 aromatic carbocycles. The van der Waals surface area contributed by atoms with Crippen LogP contribution in [0.4, 0.5) is 0 Å². The average molecular weight is 369 g/mol. The molecule has 0 fully saturated rings. The molecule has 0 bridgehead atoms. The van der Waals surface area contributed by atoms with Gasteiger partial charge in [0.05, 0.1) is 5.60 Å². The van der Waals surface area contributed by atoms with E-state index in [0.29, 0.717) is 0 Å². The molecular formula is C25H52O. The highest BCUT2D eigenvalue weighted by Gasteiger charge is 2.18. The molecule has 0 saturated heterocycles. The lowest BCUT2D eigenvalue weighted by atomic mass is 9.91. The molecule has 158 valence electrons. The molecule has 0 radical (unpaired) electrons. The van der Waals surface area contributed by atoms with E-state index in [0.717, 1.165) is 12.8 Å². The highest BCUT2D eigenvalue weighted by Crippen LogP contribution is 2.22. The van der Waals surface area contributed by atoms with Crippen molar-refractivity contribution in [2.45, 2.75) is 161 Å². The van der Waals surface area contributed by atoms with Crippen molar-refractivity contribution < 1.29 is 5.11 Å². The summed E-state index contributed by atoms with van der Waals surface area (Å²) >= 11 is 0. The molecule has 0 rings (SSSR count). The van der Waals surface area contributed by atoms with Gasteiger partial charge in [0.2, 0.25) is 0 Å². The van der Waals surface area contributed by atoms with Crippen molar-refractivity contribution in [2.24, 2.45) is 0 Å². The predicted octanol–water partition coefficient (Wildman–Crippen LogP) is 8.97. The van der Waals surface area contributed by atoms with Crippen molar-refractivity contribution in [3.63, 3.8) is 0 Å². The summed E-state index contributed by atoms with van der Waals surface area (Å²) in [6.45, 7) is 6.60. The van der Waals surface area contributed by atoms with E-state index in [9.17, 15) is 5.11 Å². The van der Waals surface area contributed by atoms with E-state index in [1.807, 2.05) is 0 Å². The first-order chi connectivity index (χ1) is 12.6. The summed E-state index contributed by atoms with van der Waals surface area (Å²) in [5, 5.41) is 10.5. The molecule has 0 aliphatic carbocycles. The van der Waals surface area contributed by atoms with Crippen molar-refractivity contribution in [1.82, 2.24) is 0 Å². The molecule has 26 heavy (non-hydrogen) atoms. The van der Waals surface area contributed by atoms with Gasteiger partial charge in [-0.1, -0.05) is 136 Å². The van der Waals surface area contributed by atoms with Gasteiger partial charge in [-0.05, 0) is 19.8 Å². The molecule has 0 saturated carbocycles. The first-order valence-corrected chi connectivity index (χ1v) is 12.3. The summed E-state index contributed by atoms with van der Waals surface area (Å²) in [5.41, 5.74) is -0.413. The fourth-order valence-electron chi connectivity index (χ4n) is 3.93. The Morgan fingerprint density at radius 1 is 0.423 bits per heavy atom. The van der Waals surface area contributed by atoms with Crippen LogP contribution in [0.1, 0.15) is 156 Å². The minimum Gasteiger partial charge on any atom is -0.390 e. The van der Waals surface area contributed by atoms with Gasteiger partial charge in [-0.3, -0.25) is 0 Å². The van der Waals surface area contributed by atoms with Crippen molar-refractivity contribution >= 4 is 0 Å². The maximum absolute atomic E-state index is 10.5. The van der Waals surface area contributed by atoms with Gasteiger partial charge in [0.15, 0.2) is 0 Å². The molecule has 0 aromatic rings. The molecule has 0 spiro atoms. The minimum absolute atomic E-state index is 0.413. The zero-order valence-electron chi connectivity index (χ0n) is 18.8. The Hall–Kier alpha value is -0.0400. The molecule has 1 nitrogen and oxygen atoms in total. The Bertz CT molecular complexity index is 259. The van der Waals surface area contributed by atoms with E-state index < -0.39 is 5.60 Å². The Kier molecular flexibility index (Phi) is 19.7. The first-order valence-electron chi connectivity index (χ1n) is 12.3. The summed E-state index contributed by atoms with van der Waals surface area (Å²) in [6, 6.07) is 0. The summed E-state index contributed by atoms with van der Waals surface area (Å²) in [5.74, 6) is 0. The Balaban J connectivity index is 3.24. The van der Waals surface area contributed by atoms with Gasteiger partial charge in [0, 0.05) is 0 Å². The molecule has 0 aliphatic rings. The number of aliphatic hydroxyl groups is 1. The van der Waals surface area contributed by atoms with Gasteiger partial charge in [0.25, 0.3) is 0 Å². The van der Waals surface area contributed by atoms with Crippen LogP contribution in [0.15, 0.2) is 0 Å². The van der Waals surface area contributed by atoms with Crippen LogP contribution in [0.3, 0.4) is 0 Å². The van der Waals surface area contributed by atoms with Gasteiger partial charge >= 0.3 is 0 Å². The maximum atomic E-state index is 10.5. The van der Waals surface area contributed by atoms with Crippen LogP contribution in [0.25, 0.3) is 0 Å². The largest absolute Gasteiger partial charge is 0.390 e. The Labute approximate surface area is 166 Å². The standard InChI is InChI=1S/C25H52O/c1-4-6-8-10-11-12-13-14-15-16-17-18-20-22-24-25(3,26)23-21-19-9-7-5-2/h26H,4-24H2,1-3H3. The van der Waals surface area contributed by atoms with Crippen LogP contribution in [-0.2, 0) is 0 Å². The normalized spacial score (nSPS) is 13.8. The second-order valence-electron chi connectivity index (χ2n) is 9.01. The molecule has 1 N–H and O–H groups in total. The first kappa shape index (κ1) is 26.0. The lowest BCUT2D eigenvalue weighted by Crippen LogP contribution is -2.23. The van der Waals surface area contributed by atoms with E-state index in [2.05, 4.69) is 20.8 Å². The van der Waals surface area contributed by atoms with E-state index in [1.165, 1.54) is 122 Å². The van der Waals surface area contributed by atoms with Gasteiger partial charge in [0.1, 0.15) is 0 Å². The zero-order valence-corrected chi connectivity index (χ0v) is 18.8. The maximum Gasteiger partial charge on any atom is 0.0619 e. The second-order valence-corrected chi connectivity index (χ2v) is 9.01. The fraction of sp³-hybridized carbons (Fsp3) is 1.00. The lowest BCUT2D eigenvalue weighted by Gasteiger charge is -2.23. The fourth-order valence-corrected chi connectivity index (χ4v) is 3.93. The second kappa shape index (κ2) is 19.7. The summed E-state index contributed by atoms with van der Waals surface area (Å²) in [4.78, 5) is 0. The molecule has 0 aromatic heterocycles. The molecular weight excluding hydrogens is 316 g/mol. The Morgan fingerprint density at radius 3 is 0.923 bits per heavy atom. The molecule has 0 heterocycles. The van der Waals surface area contributed by atoms with E-state index in [1.54, 1.807) is 0 Å². The smallest absolute Gasteiger partial charge is 0.0619 e. The third-order valence-electron chi connectivity index (χ3n) is 5.89. The molecule has 1 unspecified atom stereocenters. The molecule has 0 amide bonds. The summed E-state index contributed by atoms with van der Waals surface area (Å²) in [7, 11) is 0. The van der Waals surface area contributed by atoms with Crippen molar-refractivity contribution in [3.05, 3.63) is 0 Å². The highest BCUT2D eigenvalue weighted by atomic mass is 16.3. The topological polar surface area (TPSA) is 20.2 Å². The minimum atomic E-state index is -0.413. The van der Waals surface area contributed by atoms with Gasteiger partial charge < -0.3 is 5.11 Å². The summed E-state index contributed by atoms with van der Waals surface area (Å²) < 4.78 is 0. The van der Waals surface area contributed by atoms with E-state index >= 15 is 0 Å². The number of unbranched alkanes of at least 4 members (excludes halogenated alkanes) is 17. The third-order valence-corrected chi connectivity index (χ3v) is 5.89. The van der Waals surface area contributed by atoms with Gasteiger partial charge in [-0.2, -0.15) is 0 Å². The van der Waals surface area contributed by atoms with Gasteiger partial charge in [-0.25, -0.2) is 0 Å². The zero-order chi connectivity index (χ0) is 19.3. The van der Waals surface area contributed by atoms with Crippen molar-refractivity contribution in [2.75, 3.05) is 0 Å². The predicted molar refractivity (Wildman–Crippen MR) is 119 cm³/mol. The van der Waals surface area contributed by atoms with E-state index in [4.69, 9.17) is 0 Å². The highest BCUT2D eigenvalue weighted by molar-refractivity contribution is 4.72. The van der Waals surface area contributed by atoms with Crippen LogP contribution >= 0.6 is 0 Å². The van der Waals surface area contributed by atoms with Crippen LogP contribution in [0.5, 0.6) is 0 Å². The Morgan fingerprint density at radius 2 is 0.654 bits per heavy atom. The van der Waals surface area contributed by atoms with Crippen LogP contribution in [0, 0.1) is 0 Å². The SMILES string of the molecule is CCCCCCCCCCCCCCCCC(C)(O)CCCCCCC. The van der Waals surface area contributed by atoms with E-state index in [-0.39, 0.29) is 0 Å². The van der Waals surface area contributed by atoms with Crippen molar-refractivity contribution in [1.29, 1.82) is 0 Å². The molecule has 0 aliphatic heterocycles. The van der Waals surface area contributed by atoms with Crippen LogP contribution < -0.4 is 0 Å². The lowest BCUT2D eigenvalue weighted by molar-refractivity contribution is 0.0366. The molecule has 1 atom stereocenters. The average Bonchev–Trinajstić information content (AvgIpc) is 2.61. The number of hydrogen-bond acceptors (Lipinski definition) is 1. The monoisotopic (exact) mass is 368 g/mol. The quantitative estimate of drug-likeness (QED) is 0.200.